The Balaban J connectivity index is 1.61. The Morgan fingerprint density at radius 3 is 2.44 bits per heavy atom. The third-order valence-electron chi connectivity index (χ3n) is 4.09. The van der Waals surface area contributed by atoms with Crippen molar-refractivity contribution in [2.45, 2.75) is 0 Å². The number of carbonyl (C=O) groups is 1. The maximum absolute atomic E-state index is 11.2. The van der Waals surface area contributed by atoms with Crippen LogP contribution in [0.2, 0.25) is 0 Å². The van der Waals surface area contributed by atoms with Gasteiger partial charge in [0.2, 0.25) is 0 Å². The predicted molar refractivity (Wildman–Crippen MR) is 102 cm³/mol. The van der Waals surface area contributed by atoms with E-state index >= 15 is 0 Å². The molecule has 27 heavy (non-hydrogen) atoms. The lowest BCUT2D eigenvalue weighted by molar-refractivity contribution is 0.0697. The first-order chi connectivity index (χ1) is 13.2. The number of ether oxygens (including phenoxy) is 1. The van der Waals surface area contributed by atoms with Crippen LogP contribution >= 0.6 is 0 Å². The molecule has 0 aliphatic heterocycles. The smallest absolute Gasteiger partial charge is 0.335 e. The van der Waals surface area contributed by atoms with Crippen molar-refractivity contribution in [3.8, 4) is 28.3 Å². The second-order valence-electron chi connectivity index (χ2n) is 5.97. The van der Waals surface area contributed by atoms with Gasteiger partial charge < -0.3 is 9.84 Å². The molecule has 0 saturated heterocycles. The van der Waals surface area contributed by atoms with Gasteiger partial charge in [-0.25, -0.2) is 9.48 Å². The van der Waals surface area contributed by atoms with Crippen LogP contribution in [0, 0.1) is 0 Å². The molecule has 4 aromatic rings. The SMILES string of the molecule is O=C(O)c1cccc(-n2cc(-c3cccc(Oc4ccccc4)c3)cn2)c1. The number of rotatable bonds is 5. The van der Waals surface area contributed by atoms with E-state index in [1.54, 1.807) is 29.1 Å². The zero-order chi connectivity index (χ0) is 18.6. The number of para-hydroxylation sites is 1. The molecule has 3 aromatic carbocycles. The van der Waals surface area contributed by atoms with Crippen LogP contribution in [0.15, 0.2) is 91.3 Å². The standard InChI is InChI=1S/C22H16N2O3/c25-22(26)17-7-4-8-19(12-17)24-15-18(14-23-24)16-6-5-11-21(13-16)27-20-9-2-1-3-10-20/h1-15H,(H,25,26). The van der Waals surface area contributed by atoms with Crippen LogP contribution in [0.25, 0.3) is 16.8 Å². The quantitative estimate of drug-likeness (QED) is 0.545. The number of hydrogen-bond acceptors (Lipinski definition) is 3. The van der Waals surface area contributed by atoms with E-state index in [1.807, 2.05) is 66.9 Å². The molecule has 0 amide bonds. The van der Waals surface area contributed by atoms with Crippen molar-refractivity contribution in [3.63, 3.8) is 0 Å². The van der Waals surface area contributed by atoms with Crippen LogP contribution in [0.4, 0.5) is 0 Å². The lowest BCUT2D eigenvalue weighted by Crippen LogP contribution is -1.99. The summed E-state index contributed by atoms with van der Waals surface area (Å²) in [5.41, 5.74) is 2.79. The van der Waals surface area contributed by atoms with Crippen molar-refractivity contribution in [1.29, 1.82) is 0 Å². The minimum Gasteiger partial charge on any atom is -0.478 e. The monoisotopic (exact) mass is 356 g/mol. The summed E-state index contributed by atoms with van der Waals surface area (Å²) in [7, 11) is 0. The number of aromatic nitrogens is 2. The third-order valence-corrected chi connectivity index (χ3v) is 4.09. The van der Waals surface area contributed by atoms with E-state index in [0.29, 0.717) is 5.69 Å². The van der Waals surface area contributed by atoms with Crippen LogP contribution in [0.5, 0.6) is 11.5 Å². The molecule has 5 nitrogen and oxygen atoms in total. The fraction of sp³-hybridized carbons (Fsp3) is 0. The fourth-order valence-electron chi connectivity index (χ4n) is 2.76. The molecule has 1 aromatic heterocycles. The minimum atomic E-state index is -0.963. The van der Waals surface area contributed by atoms with Gasteiger partial charge in [-0.1, -0.05) is 36.4 Å². The summed E-state index contributed by atoms with van der Waals surface area (Å²) in [6, 6.07) is 24.0. The Hall–Kier alpha value is -3.86. The average Bonchev–Trinajstić information content (AvgIpc) is 3.19. The maximum Gasteiger partial charge on any atom is 0.335 e. The van der Waals surface area contributed by atoms with Gasteiger partial charge in [0.1, 0.15) is 11.5 Å². The summed E-state index contributed by atoms with van der Waals surface area (Å²) in [4.78, 5) is 11.2. The van der Waals surface area contributed by atoms with Crippen LogP contribution in [-0.2, 0) is 0 Å². The van der Waals surface area contributed by atoms with Gasteiger partial charge in [-0.15, -0.1) is 0 Å². The van der Waals surface area contributed by atoms with E-state index in [-0.39, 0.29) is 5.56 Å². The van der Waals surface area contributed by atoms with E-state index in [9.17, 15) is 4.79 Å². The minimum absolute atomic E-state index is 0.225. The van der Waals surface area contributed by atoms with Crippen LogP contribution in [0.1, 0.15) is 10.4 Å². The summed E-state index contributed by atoms with van der Waals surface area (Å²) in [5, 5.41) is 13.5. The topological polar surface area (TPSA) is 64.3 Å². The molecule has 0 aliphatic rings. The van der Waals surface area contributed by atoms with Crippen LogP contribution in [0.3, 0.4) is 0 Å². The summed E-state index contributed by atoms with van der Waals surface area (Å²) < 4.78 is 7.54. The normalized spacial score (nSPS) is 10.5. The van der Waals surface area contributed by atoms with E-state index in [4.69, 9.17) is 9.84 Å². The van der Waals surface area contributed by atoms with Crippen molar-refractivity contribution in [3.05, 3.63) is 96.8 Å². The Kier molecular flexibility index (Phi) is 4.41. The summed E-state index contributed by atoms with van der Waals surface area (Å²) >= 11 is 0. The largest absolute Gasteiger partial charge is 0.478 e. The van der Waals surface area contributed by atoms with Gasteiger partial charge in [-0.05, 0) is 48.0 Å². The molecule has 0 atom stereocenters. The molecule has 0 unspecified atom stereocenters. The second kappa shape index (κ2) is 7.17. The lowest BCUT2D eigenvalue weighted by atomic mass is 10.1. The highest BCUT2D eigenvalue weighted by molar-refractivity contribution is 5.88. The number of aromatic carboxylic acids is 1. The lowest BCUT2D eigenvalue weighted by Gasteiger charge is -2.06. The van der Waals surface area contributed by atoms with E-state index < -0.39 is 5.97 Å². The van der Waals surface area contributed by atoms with Gasteiger partial charge in [-0.2, -0.15) is 5.10 Å². The maximum atomic E-state index is 11.2. The van der Waals surface area contributed by atoms with Crippen molar-refractivity contribution in [2.24, 2.45) is 0 Å². The molecular formula is C22H16N2O3. The third kappa shape index (κ3) is 3.72. The number of benzene rings is 3. The fourth-order valence-corrected chi connectivity index (χ4v) is 2.76. The van der Waals surface area contributed by atoms with Crippen molar-refractivity contribution in [1.82, 2.24) is 9.78 Å². The van der Waals surface area contributed by atoms with Crippen LogP contribution in [-0.4, -0.2) is 20.9 Å². The van der Waals surface area contributed by atoms with Gasteiger partial charge in [0, 0.05) is 11.8 Å². The first-order valence-corrected chi connectivity index (χ1v) is 8.41. The zero-order valence-corrected chi connectivity index (χ0v) is 14.3. The van der Waals surface area contributed by atoms with Crippen molar-refractivity contribution >= 4 is 5.97 Å². The van der Waals surface area contributed by atoms with Gasteiger partial charge in [0.05, 0.1) is 17.4 Å². The molecule has 0 saturated carbocycles. The Bertz CT molecular complexity index is 1090. The first kappa shape index (κ1) is 16.6. The summed E-state index contributed by atoms with van der Waals surface area (Å²) in [6.45, 7) is 0. The first-order valence-electron chi connectivity index (χ1n) is 8.41. The summed E-state index contributed by atoms with van der Waals surface area (Å²) in [6.07, 6.45) is 3.61. The molecule has 4 rings (SSSR count). The molecule has 0 spiro atoms. The van der Waals surface area contributed by atoms with Crippen molar-refractivity contribution in [2.75, 3.05) is 0 Å². The molecular weight excluding hydrogens is 340 g/mol. The Labute approximate surface area is 156 Å². The van der Waals surface area contributed by atoms with Crippen molar-refractivity contribution < 1.29 is 14.6 Å². The molecule has 0 bridgehead atoms. The molecule has 132 valence electrons. The Morgan fingerprint density at radius 1 is 0.852 bits per heavy atom. The van der Waals surface area contributed by atoms with E-state index in [2.05, 4.69) is 5.10 Å². The molecule has 5 heteroatoms. The number of hydrogen-bond donors (Lipinski definition) is 1. The van der Waals surface area contributed by atoms with E-state index in [1.165, 1.54) is 0 Å². The van der Waals surface area contributed by atoms with Gasteiger partial charge in [0.15, 0.2) is 0 Å². The molecule has 0 aliphatic carbocycles. The Morgan fingerprint density at radius 2 is 1.63 bits per heavy atom. The highest BCUT2D eigenvalue weighted by Crippen LogP contribution is 2.27. The average molecular weight is 356 g/mol. The predicted octanol–water partition coefficient (Wildman–Crippen LogP) is 5.03. The molecule has 0 radical (unpaired) electrons. The molecule has 1 N–H and O–H groups in total. The highest BCUT2D eigenvalue weighted by Gasteiger charge is 2.08. The van der Waals surface area contributed by atoms with E-state index in [0.717, 1.165) is 22.6 Å². The number of carboxylic acids is 1. The number of nitrogens with zero attached hydrogens (tertiary/aromatic N) is 2. The van der Waals surface area contributed by atoms with Gasteiger partial charge >= 0.3 is 5.97 Å². The van der Waals surface area contributed by atoms with Gasteiger partial charge in [-0.3, -0.25) is 0 Å². The van der Waals surface area contributed by atoms with Crippen LogP contribution < -0.4 is 4.74 Å². The second-order valence-corrected chi connectivity index (χ2v) is 5.97. The highest BCUT2D eigenvalue weighted by atomic mass is 16.5. The zero-order valence-electron chi connectivity index (χ0n) is 14.3. The van der Waals surface area contributed by atoms with Gasteiger partial charge in [0.25, 0.3) is 0 Å². The molecule has 1 heterocycles. The summed E-state index contributed by atoms with van der Waals surface area (Å²) in [5.74, 6) is 0.546. The number of carboxylic acid groups (broad SMARTS) is 1. The molecule has 0 fully saturated rings.